The fourth-order valence-corrected chi connectivity index (χ4v) is 14.7. The van der Waals surface area contributed by atoms with Gasteiger partial charge in [-0.2, -0.15) is 79.0 Å². The van der Waals surface area contributed by atoms with Gasteiger partial charge in [-0.15, -0.1) is 0 Å². The molecule has 0 fully saturated rings. The molecule has 48 heteroatoms. The summed E-state index contributed by atoms with van der Waals surface area (Å²) in [6, 6.07) is 51.1. The highest BCUT2D eigenvalue weighted by Crippen LogP contribution is 2.41. The molecule has 0 unspecified atom stereocenters. The quantitative estimate of drug-likeness (QED) is 0.0387. The fraction of sp³-hybridized carbons (Fsp3) is 0.113. The number of carbonyl (C=O) groups excluding carboxylic acids is 5. The topological polar surface area (TPSA) is 316 Å². The molecular formula is C97H63Cl7F18N14O8S. The molecule has 0 radical (unpaired) electrons. The van der Waals surface area contributed by atoms with Crippen molar-refractivity contribution in [1.29, 1.82) is 0 Å². The SMILES string of the molecule is CS(=O)(=O)c1ccc(C(=O)Nc2ccc(Cl)c(-c3ccc(C(F)(F)F)cn3)c2)cc1.Cc1nc(C(F)(F)F)ccc1C(=O)Nc1ccc(Cl)c(-c2ccc(C(F)(F)F)cn2)c1.Cc1nc(C(F)(F)F)ccc1C(=O)Nc1ccc(Cl)c(-c2ccc(Cl)cn2)c1.Cc1nc(C(F)(F)F)ccc1C(=O)Nc1ccc(Cl)c(-c2ccc(O)cn2)c1.Cc1nc(C(F)(F)F)ccc1C(=O)Nc1ccc(Cl)c(-c2cccc(Cl)n2)c1. The van der Waals surface area contributed by atoms with Crippen molar-refractivity contribution in [3.63, 3.8) is 0 Å². The standard InChI is InChI=1S/C20H12ClF6N3O.C20H14ClF3N2O3S.2C19H12Cl2F3N3O.C19H13ClF3N3O2/c1-10-13(4-7-17(29-10)20(25,26)27)18(31)30-12-3-5-15(21)14(8-12)16-6-2-11(9-28-16)19(22,23)24;1-30(28,29)15-6-2-12(3-7-15)19(27)26-14-5-8-17(21)16(10-14)18-9-4-13(11-25-18)20(22,23)24;1-10-13(4-7-17(26-10)19(22,23)24)18(28)27-12-3-5-15(21)14(8-12)16-6-2-11(20)9-25-16;1-10-12(6-8-16(25-10)19(22,23)24)18(28)26-11-5-7-14(20)13(9-11)15-3-2-4-17(21)27-15;1-10-13(4-7-17(25-10)19(21,22)23)18(28)26-11-2-5-15(20)14(8-11)16-6-3-12(27)9-24-16/h2-9H,1H3,(H,30,31);2-11H,1H3,(H,26,27);2-9H,1H3,(H,27,28);2-9H,1H3,(H,26,28);2-9,27H,1H3,(H,26,28). The van der Waals surface area contributed by atoms with Crippen molar-refractivity contribution in [2.24, 2.45) is 0 Å². The first-order valence-electron chi connectivity index (χ1n) is 40.8. The van der Waals surface area contributed by atoms with Gasteiger partial charge in [-0.1, -0.05) is 87.3 Å². The number of aromatic hydroxyl groups is 1. The molecule has 9 aromatic heterocycles. The normalized spacial score (nSPS) is 11.6. The number of carbonyl (C=O) groups is 5. The zero-order valence-corrected chi connectivity index (χ0v) is 80.0. The number of amides is 5. The van der Waals surface area contributed by atoms with Crippen molar-refractivity contribution in [3.8, 4) is 62.0 Å². The van der Waals surface area contributed by atoms with Crippen LogP contribution in [-0.2, 0) is 46.9 Å². The number of aryl methyl sites for hydroxylation is 4. The number of rotatable bonds is 16. The second-order valence-electron chi connectivity index (χ2n) is 30.3. The van der Waals surface area contributed by atoms with Gasteiger partial charge in [0.15, 0.2) is 9.84 Å². The Bertz CT molecular complexity index is 7330. The van der Waals surface area contributed by atoms with Gasteiger partial charge in [0.2, 0.25) is 0 Å². The molecular weight excluding hydrogens is 2110 g/mol. The minimum absolute atomic E-state index is 0.00499. The molecule has 0 aliphatic carbocycles. The summed E-state index contributed by atoms with van der Waals surface area (Å²) in [6.07, 6.45) is -22.3. The summed E-state index contributed by atoms with van der Waals surface area (Å²) < 4.78 is 252. The number of benzene rings is 6. The molecule has 6 N–H and O–H groups in total. The Hall–Kier alpha value is -14.5. The highest BCUT2D eigenvalue weighted by molar-refractivity contribution is 7.90. The average Bonchev–Trinajstić information content (AvgIpc) is 0.831. The summed E-state index contributed by atoms with van der Waals surface area (Å²) in [7, 11) is -3.38. The van der Waals surface area contributed by atoms with Crippen LogP contribution in [0.15, 0.2) is 260 Å². The van der Waals surface area contributed by atoms with E-state index < -0.39 is 110 Å². The lowest BCUT2D eigenvalue weighted by Gasteiger charge is -2.12. The van der Waals surface area contributed by atoms with Gasteiger partial charge in [0.05, 0.1) is 126 Å². The molecule has 0 aliphatic heterocycles. The van der Waals surface area contributed by atoms with E-state index in [1.54, 1.807) is 91.0 Å². The second kappa shape index (κ2) is 46.1. The van der Waals surface area contributed by atoms with E-state index in [2.05, 4.69) is 71.4 Å². The zero-order chi connectivity index (χ0) is 107. The van der Waals surface area contributed by atoms with Crippen LogP contribution >= 0.6 is 81.2 Å². The Morgan fingerprint density at radius 1 is 0.290 bits per heavy atom. The predicted molar refractivity (Wildman–Crippen MR) is 510 cm³/mol. The second-order valence-corrected chi connectivity index (χ2v) is 35.2. The first kappa shape index (κ1) is 111. The maximum absolute atomic E-state index is 12.7. The van der Waals surface area contributed by atoms with Crippen LogP contribution in [-0.4, -0.2) is 94.2 Å². The number of anilines is 5. The third-order valence-corrected chi connectivity index (χ3v) is 23.1. The van der Waals surface area contributed by atoms with E-state index in [-0.39, 0.29) is 99.1 Å². The van der Waals surface area contributed by atoms with E-state index in [0.717, 1.165) is 66.9 Å². The molecule has 750 valence electrons. The van der Waals surface area contributed by atoms with Crippen LogP contribution in [0.2, 0.25) is 35.3 Å². The number of pyridine rings is 9. The Kier molecular flexibility index (Phi) is 35.2. The summed E-state index contributed by atoms with van der Waals surface area (Å²) in [5.74, 6) is -3.00. The van der Waals surface area contributed by atoms with Gasteiger partial charge in [-0.3, -0.25) is 43.9 Å². The summed E-state index contributed by atoms with van der Waals surface area (Å²) in [4.78, 5) is 96.2. The Morgan fingerprint density at radius 3 is 0.807 bits per heavy atom. The van der Waals surface area contributed by atoms with Crippen LogP contribution in [0.4, 0.5) is 107 Å². The smallest absolute Gasteiger partial charge is 0.433 e. The lowest BCUT2D eigenvalue weighted by Crippen LogP contribution is -2.16. The average molecular weight is 2170 g/mol. The number of hydrogen-bond acceptors (Lipinski definition) is 17. The van der Waals surface area contributed by atoms with E-state index in [0.29, 0.717) is 101 Å². The van der Waals surface area contributed by atoms with E-state index in [1.807, 2.05) is 0 Å². The van der Waals surface area contributed by atoms with Gasteiger partial charge in [0, 0.05) is 86.7 Å². The predicted octanol–water partition coefficient (Wildman–Crippen LogP) is 28.6. The molecule has 0 spiro atoms. The Labute approximate surface area is 844 Å². The summed E-state index contributed by atoms with van der Waals surface area (Å²) in [5.41, 5.74) is -0.218. The van der Waals surface area contributed by atoms with Crippen LogP contribution < -0.4 is 26.6 Å². The van der Waals surface area contributed by atoms with Crippen molar-refractivity contribution >= 4 is 149 Å². The maximum Gasteiger partial charge on any atom is 0.433 e. The molecule has 0 bridgehead atoms. The maximum atomic E-state index is 12.7. The zero-order valence-electron chi connectivity index (χ0n) is 73.9. The van der Waals surface area contributed by atoms with Gasteiger partial charge in [-0.25, -0.2) is 33.3 Å². The molecule has 15 aromatic rings. The van der Waals surface area contributed by atoms with Crippen LogP contribution in [0.3, 0.4) is 0 Å². The number of nitrogens with one attached hydrogen (secondary N) is 5. The monoisotopic (exact) mass is 2170 g/mol. The molecule has 5 amide bonds. The number of alkyl halides is 18. The number of aromatic nitrogens is 9. The van der Waals surface area contributed by atoms with Crippen molar-refractivity contribution in [3.05, 3.63) is 375 Å². The Morgan fingerprint density at radius 2 is 0.566 bits per heavy atom. The summed E-state index contributed by atoms with van der Waals surface area (Å²) in [6.45, 7) is 5.28. The number of hydrogen-bond donors (Lipinski definition) is 6. The number of nitrogens with zero attached hydrogens (tertiary/aromatic N) is 9. The number of halogens is 25. The minimum atomic E-state index is -4.64. The fourth-order valence-electron chi connectivity index (χ4n) is 12.8. The molecule has 0 saturated heterocycles. The molecule has 15 rings (SSSR count). The largest absolute Gasteiger partial charge is 0.506 e. The van der Waals surface area contributed by atoms with Gasteiger partial charge >= 0.3 is 37.1 Å². The molecule has 0 atom stereocenters. The minimum Gasteiger partial charge on any atom is -0.506 e. The van der Waals surface area contributed by atoms with Crippen LogP contribution in [0.5, 0.6) is 5.75 Å². The summed E-state index contributed by atoms with van der Waals surface area (Å²) >= 11 is 42.6. The van der Waals surface area contributed by atoms with Gasteiger partial charge in [0.25, 0.3) is 29.5 Å². The van der Waals surface area contributed by atoms with Crippen LogP contribution in [0, 0.1) is 27.7 Å². The first-order valence-corrected chi connectivity index (χ1v) is 45.3. The van der Waals surface area contributed by atoms with Gasteiger partial charge < -0.3 is 31.7 Å². The highest BCUT2D eigenvalue weighted by Gasteiger charge is 2.38. The third kappa shape index (κ3) is 30.1. The lowest BCUT2D eigenvalue weighted by molar-refractivity contribution is -0.142. The number of sulfone groups is 1. The van der Waals surface area contributed by atoms with Gasteiger partial charge in [0.1, 0.15) is 33.7 Å². The van der Waals surface area contributed by atoms with Crippen molar-refractivity contribution < 1.29 is 117 Å². The van der Waals surface area contributed by atoms with Crippen molar-refractivity contribution in [2.75, 3.05) is 32.8 Å². The first-order chi connectivity index (χ1) is 67.7. The van der Waals surface area contributed by atoms with E-state index in [1.165, 1.54) is 113 Å². The molecule has 145 heavy (non-hydrogen) atoms. The van der Waals surface area contributed by atoms with Crippen LogP contribution in [0.1, 0.15) is 108 Å². The van der Waals surface area contributed by atoms with Gasteiger partial charge in [-0.05, 0) is 252 Å². The van der Waals surface area contributed by atoms with E-state index in [4.69, 9.17) is 81.2 Å². The van der Waals surface area contributed by atoms with Crippen molar-refractivity contribution in [1.82, 2.24) is 44.9 Å². The van der Waals surface area contributed by atoms with Crippen molar-refractivity contribution in [2.45, 2.75) is 69.6 Å². The van der Waals surface area contributed by atoms with E-state index in [9.17, 15) is 117 Å². The molecule has 22 nitrogen and oxygen atoms in total. The van der Waals surface area contributed by atoms with E-state index >= 15 is 0 Å². The third-order valence-electron chi connectivity index (χ3n) is 19.9. The molecule has 6 aromatic carbocycles. The van der Waals surface area contributed by atoms with Crippen LogP contribution in [0.25, 0.3) is 56.3 Å². The summed E-state index contributed by atoms with van der Waals surface area (Å²) in [5, 5.41) is 24.7. The Balaban J connectivity index is 0.000000173. The molecule has 9 heterocycles. The highest BCUT2D eigenvalue weighted by atomic mass is 35.5. The molecule has 0 saturated carbocycles. The lowest BCUT2D eigenvalue weighted by atomic mass is 10.1. The molecule has 0 aliphatic rings.